The van der Waals surface area contributed by atoms with E-state index < -0.39 is 0 Å². The molecule has 9 heteroatoms. The molecule has 8 nitrogen and oxygen atoms in total. The second-order valence-electron chi connectivity index (χ2n) is 11.0. The van der Waals surface area contributed by atoms with Gasteiger partial charge in [-0.25, -0.2) is 4.98 Å². The van der Waals surface area contributed by atoms with Gasteiger partial charge in [-0.05, 0) is 75.3 Å². The summed E-state index contributed by atoms with van der Waals surface area (Å²) in [5, 5.41) is 13.2. The molecule has 1 atom stereocenters. The van der Waals surface area contributed by atoms with Crippen LogP contribution in [0.4, 0.5) is 5.69 Å². The number of hydrogen-bond acceptors (Lipinski definition) is 6. The molecule has 1 N–H and O–H groups in total. The molecule has 6 rings (SSSR count). The lowest BCUT2D eigenvalue weighted by atomic mass is 9.61. The van der Waals surface area contributed by atoms with Crippen LogP contribution in [-0.2, 0) is 7.05 Å². The third-order valence-electron chi connectivity index (χ3n) is 8.09. The molecule has 1 amide bonds. The Morgan fingerprint density at radius 2 is 2.03 bits per heavy atom. The number of likely N-dealkylation sites (tertiary alicyclic amines) is 1. The van der Waals surface area contributed by atoms with E-state index in [2.05, 4.69) is 28.2 Å². The number of amides is 1. The Morgan fingerprint density at radius 1 is 1.21 bits per heavy atom. The van der Waals surface area contributed by atoms with E-state index in [0.717, 1.165) is 62.5 Å². The Bertz CT molecular complexity index is 1410. The van der Waals surface area contributed by atoms with Gasteiger partial charge >= 0.3 is 0 Å². The topological polar surface area (TPSA) is 86.4 Å². The van der Waals surface area contributed by atoms with Crippen LogP contribution in [0, 0.1) is 16.7 Å². The Hall–Kier alpha value is -3.54. The van der Waals surface area contributed by atoms with Crippen molar-refractivity contribution in [3.05, 3.63) is 64.9 Å². The van der Waals surface area contributed by atoms with Gasteiger partial charge in [0.1, 0.15) is 12.2 Å². The zero-order valence-electron chi connectivity index (χ0n) is 21.7. The third-order valence-corrected chi connectivity index (χ3v) is 8.33. The Morgan fingerprint density at radius 3 is 2.71 bits per heavy atom. The average Bonchev–Trinajstić information content (AvgIpc) is 3.47. The van der Waals surface area contributed by atoms with Gasteiger partial charge in [0.25, 0.3) is 5.91 Å². The van der Waals surface area contributed by atoms with Gasteiger partial charge in [-0.3, -0.25) is 4.79 Å². The van der Waals surface area contributed by atoms with Crippen molar-refractivity contribution in [3.8, 4) is 23.2 Å². The van der Waals surface area contributed by atoms with Crippen molar-refractivity contribution in [1.29, 1.82) is 5.26 Å². The molecule has 196 valence electrons. The van der Waals surface area contributed by atoms with Crippen molar-refractivity contribution in [2.45, 2.75) is 31.4 Å². The number of hydrogen-bond donors (Lipinski definition) is 1. The van der Waals surface area contributed by atoms with E-state index in [0.29, 0.717) is 22.0 Å². The van der Waals surface area contributed by atoms with Crippen LogP contribution < -0.4 is 15.0 Å². The summed E-state index contributed by atoms with van der Waals surface area (Å²) in [5.41, 5.74) is 3.76. The first-order chi connectivity index (χ1) is 18.3. The lowest BCUT2D eigenvalue weighted by Crippen LogP contribution is -2.65. The van der Waals surface area contributed by atoms with E-state index in [1.54, 1.807) is 6.07 Å². The van der Waals surface area contributed by atoms with Crippen molar-refractivity contribution in [3.63, 3.8) is 0 Å². The van der Waals surface area contributed by atoms with Crippen LogP contribution in [0.5, 0.6) is 5.75 Å². The summed E-state index contributed by atoms with van der Waals surface area (Å²) in [6.45, 7) is 3.58. The lowest BCUT2D eigenvalue weighted by Gasteiger charge is -2.59. The molecule has 0 unspecified atom stereocenters. The fraction of sp³-hybridized carbons (Fsp3) is 0.414. The predicted molar refractivity (Wildman–Crippen MR) is 146 cm³/mol. The summed E-state index contributed by atoms with van der Waals surface area (Å²) >= 11 is 6.06. The Balaban J connectivity index is 1.15. The minimum absolute atomic E-state index is 0.0321. The summed E-state index contributed by atoms with van der Waals surface area (Å²) < 4.78 is 8.39. The molecule has 38 heavy (non-hydrogen) atoms. The molecule has 3 aliphatic rings. The van der Waals surface area contributed by atoms with Gasteiger partial charge in [0.15, 0.2) is 11.4 Å². The summed E-state index contributed by atoms with van der Waals surface area (Å²) in [6.07, 6.45) is 4.75. The number of benzene rings is 1. The van der Waals surface area contributed by atoms with Gasteiger partial charge in [-0.1, -0.05) is 11.6 Å². The minimum atomic E-state index is -0.188. The van der Waals surface area contributed by atoms with E-state index in [4.69, 9.17) is 21.3 Å². The maximum atomic E-state index is 13.4. The van der Waals surface area contributed by atoms with E-state index in [1.807, 2.05) is 54.2 Å². The van der Waals surface area contributed by atoms with Crippen LogP contribution in [0.1, 0.15) is 35.3 Å². The molecule has 1 aromatic carbocycles. The van der Waals surface area contributed by atoms with Crippen LogP contribution in [0.15, 0.2) is 48.7 Å². The van der Waals surface area contributed by atoms with Gasteiger partial charge in [0.05, 0.1) is 22.6 Å². The predicted octanol–water partition coefficient (Wildman–Crippen LogP) is 4.09. The maximum Gasteiger partial charge on any atom is 0.274 e. The van der Waals surface area contributed by atoms with Crippen LogP contribution >= 0.6 is 11.6 Å². The standard InChI is InChI=1S/C29H31ClN6O2/c1-34-11-9-21(16-34)32-28(37)27-26(8-6-23(33-27)25-4-3-10-35(25)2)38-22-13-29(14-22)17-36(18-29)24-7-5-20(30)12-19(24)15-31/h3-8,10,12,21-22H,9,11,13-14,16-18H2,1-2H3,(H,32,37)/t21-/m1/s1. The minimum Gasteiger partial charge on any atom is -0.488 e. The fourth-order valence-electron chi connectivity index (χ4n) is 6.12. The number of nitrogens with zero attached hydrogens (tertiary/aromatic N) is 5. The van der Waals surface area contributed by atoms with Gasteiger partial charge in [0, 0.05) is 49.4 Å². The second kappa shape index (κ2) is 9.64. The molecule has 1 spiro atoms. The molecule has 4 heterocycles. The molecule has 0 radical (unpaired) electrons. The maximum absolute atomic E-state index is 13.4. The molecule has 3 fully saturated rings. The number of pyridine rings is 1. The number of ether oxygens (including phenoxy) is 1. The van der Waals surface area contributed by atoms with Crippen LogP contribution in [0.3, 0.4) is 0 Å². The van der Waals surface area contributed by atoms with E-state index in [1.165, 1.54) is 0 Å². The smallest absolute Gasteiger partial charge is 0.274 e. The van der Waals surface area contributed by atoms with Crippen molar-refractivity contribution in [2.24, 2.45) is 12.5 Å². The van der Waals surface area contributed by atoms with E-state index >= 15 is 0 Å². The van der Waals surface area contributed by atoms with Gasteiger partial charge in [-0.2, -0.15) is 5.26 Å². The van der Waals surface area contributed by atoms with Crippen molar-refractivity contribution >= 4 is 23.2 Å². The molecular formula is C29H31ClN6O2. The first-order valence-electron chi connectivity index (χ1n) is 13.1. The number of rotatable bonds is 6. The normalized spacial score (nSPS) is 20.6. The number of carbonyl (C=O) groups excluding carboxylic acids is 1. The number of nitriles is 1. The van der Waals surface area contributed by atoms with Crippen molar-refractivity contribution in [1.82, 2.24) is 19.8 Å². The van der Waals surface area contributed by atoms with Gasteiger partial charge in [0.2, 0.25) is 0 Å². The summed E-state index contributed by atoms with van der Waals surface area (Å²) in [7, 11) is 4.03. The first kappa shape index (κ1) is 24.8. The SMILES string of the molecule is CN1CC[C@@H](NC(=O)c2nc(-c3cccn3C)ccc2OC2CC3(C2)CN(c2ccc(Cl)cc2C#N)C3)C1. The molecular weight excluding hydrogens is 500 g/mol. The first-order valence-corrected chi connectivity index (χ1v) is 13.4. The van der Waals surface area contributed by atoms with E-state index in [9.17, 15) is 10.1 Å². The van der Waals surface area contributed by atoms with E-state index in [-0.39, 0.29) is 23.5 Å². The van der Waals surface area contributed by atoms with Crippen LogP contribution in [0.2, 0.25) is 5.02 Å². The molecule has 1 saturated carbocycles. The molecule has 1 aliphatic carbocycles. The zero-order valence-corrected chi connectivity index (χ0v) is 22.4. The highest BCUT2D eigenvalue weighted by Gasteiger charge is 2.54. The molecule has 2 saturated heterocycles. The highest BCUT2D eigenvalue weighted by Crippen LogP contribution is 2.51. The monoisotopic (exact) mass is 530 g/mol. The summed E-state index contributed by atoms with van der Waals surface area (Å²) in [5.74, 6) is 0.347. The molecule has 2 aliphatic heterocycles. The molecule has 0 bridgehead atoms. The molecule has 3 aromatic rings. The Kier molecular flexibility index (Phi) is 6.29. The van der Waals surface area contributed by atoms with Crippen molar-refractivity contribution < 1.29 is 9.53 Å². The van der Waals surface area contributed by atoms with Crippen LogP contribution in [-0.4, -0.2) is 65.7 Å². The average molecular weight is 531 g/mol. The lowest BCUT2D eigenvalue weighted by molar-refractivity contribution is -0.0344. The highest BCUT2D eigenvalue weighted by molar-refractivity contribution is 6.30. The van der Waals surface area contributed by atoms with Crippen molar-refractivity contribution in [2.75, 3.05) is 38.1 Å². The third kappa shape index (κ3) is 4.61. The summed E-state index contributed by atoms with van der Waals surface area (Å²) in [6, 6.07) is 15.6. The van der Waals surface area contributed by atoms with Gasteiger partial charge < -0.3 is 24.4 Å². The molecule has 2 aromatic heterocycles. The highest BCUT2D eigenvalue weighted by atomic mass is 35.5. The number of likely N-dealkylation sites (N-methyl/N-ethyl adjacent to an activating group) is 1. The van der Waals surface area contributed by atoms with Crippen LogP contribution in [0.25, 0.3) is 11.4 Å². The van der Waals surface area contributed by atoms with Gasteiger partial charge in [-0.15, -0.1) is 0 Å². The fourth-order valence-corrected chi connectivity index (χ4v) is 6.29. The zero-order chi connectivity index (χ0) is 26.4. The quantitative estimate of drug-likeness (QED) is 0.516. The number of anilines is 1. The summed E-state index contributed by atoms with van der Waals surface area (Å²) in [4.78, 5) is 22.6. The Labute approximate surface area is 227 Å². The largest absolute Gasteiger partial charge is 0.488 e. The second-order valence-corrected chi connectivity index (χ2v) is 11.5. The number of halogens is 1. The number of aromatic nitrogens is 2. The number of aryl methyl sites for hydroxylation is 1. The number of carbonyl (C=O) groups is 1. The number of nitrogens with one attached hydrogen (secondary N) is 1.